The van der Waals surface area contributed by atoms with E-state index < -0.39 is 8.80 Å². The minimum atomic E-state index is -0.558. The summed E-state index contributed by atoms with van der Waals surface area (Å²) in [5.41, 5.74) is 5.82. The van der Waals surface area contributed by atoms with E-state index in [0.717, 1.165) is 0 Å². The van der Waals surface area contributed by atoms with Gasteiger partial charge in [-0.15, -0.1) is 5.54 Å². The molecule has 1 unspecified atom stereocenters. The molecule has 0 fully saturated rings. The molecule has 0 amide bonds. The van der Waals surface area contributed by atoms with E-state index in [0.29, 0.717) is 5.92 Å². The molecule has 0 N–H and O–H groups in total. The van der Waals surface area contributed by atoms with Gasteiger partial charge >= 0.3 is 0 Å². The van der Waals surface area contributed by atoms with Crippen LogP contribution >= 0.6 is 0 Å². The third-order valence-electron chi connectivity index (χ3n) is 3.93. The van der Waals surface area contributed by atoms with E-state index in [4.69, 9.17) is 5.32 Å². The van der Waals surface area contributed by atoms with Gasteiger partial charge in [0.25, 0.3) is 0 Å². The fraction of sp³-hybridized carbons (Fsp3) is 0.733. The average Bonchev–Trinajstić information content (AvgIpc) is 2.33. The molecule has 0 aromatic rings. The predicted molar refractivity (Wildman–Crippen MR) is 81.4 cm³/mol. The van der Waals surface area contributed by atoms with Gasteiger partial charge in [-0.05, 0) is 26.7 Å². The fourth-order valence-electron chi connectivity index (χ4n) is 2.89. The van der Waals surface area contributed by atoms with Crippen LogP contribution in [0.5, 0.6) is 0 Å². The number of nitrogens with zero attached hydrogens (tertiary/aromatic N) is 1. The third-order valence-corrected chi connectivity index (χ3v) is 5.74. The van der Waals surface area contributed by atoms with E-state index in [-0.39, 0.29) is 27.3 Å². The van der Waals surface area contributed by atoms with E-state index in [1.165, 1.54) is 28.5 Å². The van der Waals surface area contributed by atoms with Gasteiger partial charge in [-0.25, -0.2) is 0 Å². The van der Waals surface area contributed by atoms with Gasteiger partial charge in [-0.2, -0.15) is 5.70 Å². The van der Waals surface area contributed by atoms with Gasteiger partial charge < -0.3 is 5.32 Å². The van der Waals surface area contributed by atoms with Crippen molar-refractivity contribution >= 4 is 8.80 Å². The van der Waals surface area contributed by atoms with Gasteiger partial charge in [0, 0.05) is 30.5 Å². The van der Waals surface area contributed by atoms with E-state index in [1.807, 2.05) is 0 Å². The molecule has 0 saturated carbocycles. The Labute approximate surface area is 130 Å². The van der Waals surface area contributed by atoms with Crippen molar-refractivity contribution in [3.8, 4) is 0 Å². The minimum absolute atomic E-state index is 0. The zero-order valence-electron chi connectivity index (χ0n) is 13.3. The van der Waals surface area contributed by atoms with E-state index in [9.17, 15) is 0 Å². The molecule has 1 aliphatic carbocycles. The average molecular weight is 298 g/mol. The number of rotatable bonds is 4. The molecule has 0 aromatic heterocycles. The number of allylic oxidation sites excluding steroid dienone is 3. The van der Waals surface area contributed by atoms with Crippen molar-refractivity contribution in [2.45, 2.75) is 66.2 Å². The molecule has 0 aliphatic heterocycles. The summed E-state index contributed by atoms with van der Waals surface area (Å²) in [6.07, 6.45) is 0. The molecule has 102 valence electrons. The van der Waals surface area contributed by atoms with Crippen LogP contribution in [0.1, 0.15) is 41.5 Å². The summed E-state index contributed by atoms with van der Waals surface area (Å²) in [4.78, 5) is 0. The van der Waals surface area contributed by atoms with Crippen molar-refractivity contribution < 1.29 is 21.7 Å². The zero-order chi connectivity index (χ0) is 13.4. The van der Waals surface area contributed by atoms with Crippen molar-refractivity contribution in [3.05, 3.63) is 27.7 Å². The molecular weight excluding hydrogens is 270 g/mol. The second-order valence-electron chi connectivity index (χ2n) is 6.56. The summed E-state index contributed by atoms with van der Waals surface area (Å²) < 4.78 is 0. The first-order valence-corrected chi connectivity index (χ1v) is 9.89. The van der Waals surface area contributed by atoms with Crippen LogP contribution in [0.2, 0.25) is 19.1 Å². The van der Waals surface area contributed by atoms with E-state index >= 15 is 0 Å². The smallest absolute Gasteiger partial charge is 0.0295 e. The third kappa shape index (κ3) is 4.11. The van der Waals surface area contributed by atoms with Crippen molar-refractivity contribution in [2.75, 3.05) is 0 Å². The van der Waals surface area contributed by atoms with E-state index in [1.54, 1.807) is 0 Å². The summed E-state index contributed by atoms with van der Waals surface area (Å²) in [6.45, 7) is 18.4. The Morgan fingerprint density at radius 1 is 1.11 bits per heavy atom. The normalized spacial score (nSPS) is 20.6. The van der Waals surface area contributed by atoms with Crippen LogP contribution in [0, 0.1) is 5.92 Å². The maximum Gasteiger partial charge on any atom is 0.0295 e. The van der Waals surface area contributed by atoms with Gasteiger partial charge in [0.05, 0.1) is 0 Å². The van der Waals surface area contributed by atoms with Crippen LogP contribution in [0.15, 0.2) is 22.4 Å². The maximum absolute atomic E-state index is 5.08. The molecule has 0 radical (unpaired) electrons. The summed E-state index contributed by atoms with van der Waals surface area (Å²) >= 11 is 0. The molecule has 0 heterocycles. The van der Waals surface area contributed by atoms with Crippen LogP contribution in [0.4, 0.5) is 0 Å². The van der Waals surface area contributed by atoms with Crippen molar-refractivity contribution in [3.63, 3.8) is 0 Å². The molecule has 0 saturated heterocycles. The molecule has 0 spiro atoms. The fourth-order valence-corrected chi connectivity index (χ4v) is 4.98. The Morgan fingerprint density at radius 3 is 1.94 bits per heavy atom. The molecule has 1 atom stereocenters. The second-order valence-corrected chi connectivity index (χ2v) is 9.76. The Kier molecular flexibility index (Phi) is 6.66. The van der Waals surface area contributed by atoms with E-state index in [2.05, 4.69) is 54.6 Å². The molecule has 1 nitrogen and oxygen atoms in total. The quantitative estimate of drug-likeness (QED) is 0.657. The first kappa shape index (κ1) is 18.2. The molecule has 0 bridgehead atoms. The van der Waals surface area contributed by atoms with Crippen LogP contribution in [0.3, 0.4) is 0 Å². The summed E-state index contributed by atoms with van der Waals surface area (Å²) in [5.74, 6) is 0.517. The molecule has 0 aromatic carbocycles. The zero-order valence-corrected chi connectivity index (χ0v) is 16.0. The van der Waals surface area contributed by atoms with Crippen molar-refractivity contribution in [1.82, 2.24) is 0 Å². The SMILES string of the molecule is CC1=C(C)C(C)C([N-]C(C)(C)C[SiH](C)C)=C1C.[Ti]. The molecular formula is C15H28NSiTi-. The maximum atomic E-state index is 5.08. The summed E-state index contributed by atoms with van der Waals surface area (Å²) in [7, 11) is -0.558. The Balaban J connectivity index is 0.00000289. The standard InChI is InChI=1S/C15H28NSi.Ti/c1-10-11(2)13(4)14(12(10)3)16-15(5,6)9-17(7)8;/h12,17H,9H2,1-8H3;/q-1;. The molecule has 3 heteroatoms. The Morgan fingerprint density at radius 2 is 1.61 bits per heavy atom. The van der Waals surface area contributed by atoms with Crippen LogP contribution in [0.25, 0.3) is 5.32 Å². The Bertz CT molecular complexity index is 367. The van der Waals surface area contributed by atoms with Gasteiger partial charge in [-0.3, -0.25) is 0 Å². The summed E-state index contributed by atoms with van der Waals surface area (Å²) in [5, 5.41) is 5.08. The monoisotopic (exact) mass is 298 g/mol. The topological polar surface area (TPSA) is 14.1 Å². The second kappa shape index (κ2) is 6.58. The van der Waals surface area contributed by atoms with Crippen molar-refractivity contribution in [1.29, 1.82) is 0 Å². The van der Waals surface area contributed by atoms with Crippen LogP contribution in [-0.2, 0) is 21.7 Å². The molecule has 1 rings (SSSR count). The minimum Gasteiger partial charge on any atom is -0.682 e. The largest absolute Gasteiger partial charge is 0.682 e. The number of hydrogen-bond donors (Lipinski definition) is 0. The predicted octanol–water partition coefficient (Wildman–Crippen LogP) is 4.88. The van der Waals surface area contributed by atoms with Gasteiger partial charge in [-0.1, -0.05) is 56.6 Å². The number of hydrogen-bond acceptors (Lipinski definition) is 0. The van der Waals surface area contributed by atoms with Crippen LogP contribution < -0.4 is 0 Å². The van der Waals surface area contributed by atoms with Gasteiger partial charge in [0.1, 0.15) is 0 Å². The summed E-state index contributed by atoms with van der Waals surface area (Å²) in [6, 6.07) is 1.29. The Hall–Kier alpha value is 0.211. The molecule has 18 heavy (non-hydrogen) atoms. The van der Waals surface area contributed by atoms with Gasteiger partial charge in [0.2, 0.25) is 0 Å². The first-order chi connectivity index (χ1) is 7.65. The first-order valence-electron chi connectivity index (χ1n) is 6.77. The molecule has 1 aliphatic rings. The van der Waals surface area contributed by atoms with Crippen molar-refractivity contribution in [2.24, 2.45) is 5.92 Å². The van der Waals surface area contributed by atoms with Crippen LogP contribution in [-0.4, -0.2) is 14.3 Å². The van der Waals surface area contributed by atoms with Gasteiger partial charge in [0.15, 0.2) is 0 Å².